The summed E-state index contributed by atoms with van der Waals surface area (Å²) in [4.78, 5) is 0. The van der Waals surface area contributed by atoms with E-state index in [1.165, 1.54) is 109 Å². The second-order valence-electron chi connectivity index (χ2n) is 14.6. The zero-order valence-corrected chi connectivity index (χ0v) is 30.8. The fourth-order valence-electron chi connectivity index (χ4n) is 8.95. The lowest BCUT2D eigenvalue weighted by Crippen LogP contribution is -2.50. The highest BCUT2D eigenvalue weighted by atomic mass is 16.3. The minimum absolute atomic E-state index is 0.922. The Kier molecular flexibility index (Phi) is 7.30. The minimum atomic E-state index is 0.922. The Bertz CT molecular complexity index is 2870. The molecule has 232 valence electrons. The first-order valence-electron chi connectivity index (χ1n) is 18.1. The maximum atomic E-state index is 6.21. The molecule has 9 aromatic rings. The summed E-state index contributed by atoms with van der Waals surface area (Å²) in [5, 5.41) is 10.3. The molecule has 0 saturated heterocycles. The molecule has 0 aliphatic carbocycles. The summed E-state index contributed by atoms with van der Waals surface area (Å²) in [6.07, 6.45) is 0. The molecule has 0 spiro atoms. The van der Waals surface area contributed by atoms with Gasteiger partial charge in [-0.25, -0.2) is 0 Å². The molecule has 1 aromatic heterocycles. The summed E-state index contributed by atoms with van der Waals surface area (Å²) in [7, 11) is 18.6. The fourth-order valence-corrected chi connectivity index (χ4v) is 8.95. The van der Waals surface area contributed by atoms with Gasteiger partial charge in [0, 0.05) is 10.8 Å². The van der Waals surface area contributed by atoms with E-state index in [4.69, 9.17) is 4.42 Å². The van der Waals surface area contributed by atoms with Crippen molar-refractivity contribution >= 4 is 161 Å². The molecule has 1 heterocycles. The normalized spacial score (nSPS) is 11.8. The molecule has 0 unspecified atom stereocenters. The van der Waals surface area contributed by atoms with Crippen molar-refractivity contribution in [2.45, 2.75) is 0 Å². The average molecular weight is 641 g/mol. The molecule has 0 amide bonds. The first kappa shape index (κ1) is 31.8. The molecule has 0 aliphatic rings. The Hall–Kier alpha value is -5.14. The molecule has 9 heteroatoms. The summed E-state index contributed by atoms with van der Waals surface area (Å²) >= 11 is 0. The molecule has 8 aromatic carbocycles. The van der Waals surface area contributed by atoms with Gasteiger partial charge in [0.15, 0.2) is 0 Å². The summed E-state index contributed by atoms with van der Waals surface area (Å²) in [5.74, 6) is 0. The van der Waals surface area contributed by atoms with Crippen molar-refractivity contribution in [3.63, 3.8) is 0 Å². The number of para-hydroxylation sites is 1. The summed E-state index contributed by atoms with van der Waals surface area (Å²) in [5.41, 5.74) is 20.5. The third-order valence-corrected chi connectivity index (χ3v) is 12.3. The number of hydrogen-bond donors (Lipinski definition) is 0. The van der Waals surface area contributed by atoms with Gasteiger partial charge >= 0.3 is 0 Å². The second-order valence-corrected chi connectivity index (χ2v) is 14.6. The van der Waals surface area contributed by atoms with Crippen LogP contribution in [0.25, 0.3) is 87.6 Å². The number of furan rings is 1. The van der Waals surface area contributed by atoms with E-state index in [2.05, 4.69) is 166 Å². The van der Waals surface area contributed by atoms with Gasteiger partial charge in [0.1, 0.15) is 73.9 Å². The van der Waals surface area contributed by atoms with Crippen molar-refractivity contribution in [2.24, 2.45) is 0 Å². The van der Waals surface area contributed by atoms with Crippen molar-refractivity contribution in [1.29, 1.82) is 0 Å². The zero-order chi connectivity index (χ0) is 35.3. The monoisotopic (exact) mass is 642 g/mol. The van der Waals surface area contributed by atoms with E-state index in [9.17, 15) is 0 Å². The Morgan fingerprint density at radius 3 is 1.35 bits per heavy atom. The zero-order valence-electron chi connectivity index (χ0n) is 30.8. The van der Waals surface area contributed by atoms with E-state index in [0.29, 0.717) is 0 Å². The smallest absolute Gasteiger partial charge is 0.139 e. The largest absolute Gasteiger partial charge is 0.456 e. The summed E-state index contributed by atoms with van der Waals surface area (Å²) in [6, 6.07) is 39.8. The molecular formula is C42H34B8O. The molecule has 0 saturated carbocycles. The summed E-state index contributed by atoms with van der Waals surface area (Å²) < 4.78 is 6.21. The van der Waals surface area contributed by atoms with Gasteiger partial charge in [0.25, 0.3) is 0 Å². The van der Waals surface area contributed by atoms with Gasteiger partial charge < -0.3 is 4.42 Å². The first-order chi connectivity index (χ1) is 24.7. The van der Waals surface area contributed by atoms with Crippen LogP contribution in [0.1, 0.15) is 0 Å². The second kappa shape index (κ2) is 11.7. The molecule has 1 nitrogen and oxygen atoms in total. The van der Waals surface area contributed by atoms with Crippen LogP contribution >= 0.6 is 0 Å². The van der Waals surface area contributed by atoms with Crippen LogP contribution < -0.4 is 43.7 Å². The standard InChI is InChI=1S/C42H34B8O/c43-35-31-29(19-8-2-1-3-9-19)32-34(38(46)42(50)40(48)36(32)44)30(33(31)37(45)41(49)39(35)47)25-16-15-21(22-10-4-5-11-23(22)25)20-14-17-28-26(18-20)24-12-6-7-13-27(24)51-28/h1-18H,43-50H2. The van der Waals surface area contributed by atoms with E-state index >= 15 is 0 Å². The van der Waals surface area contributed by atoms with Gasteiger partial charge in [-0.05, 0) is 83.9 Å². The maximum absolute atomic E-state index is 6.21. The van der Waals surface area contributed by atoms with Crippen molar-refractivity contribution in [2.75, 3.05) is 0 Å². The van der Waals surface area contributed by atoms with Gasteiger partial charge in [0.05, 0.1) is 0 Å². The van der Waals surface area contributed by atoms with E-state index in [1.54, 1.807) is 0 Å². The van der Waals surface area contributed by atoms with Gasteiger partial charge in [0.2, 0.25) is 0 Å². The first-order valence-corrected chi connectivity index (χ1v) is 18.1. The van der Waals surface area contributed by atoms with Gasteiger partial charge in [-0.1, -0.05) is 113 Å². The molecule has 0 N–H and O–H groups in total. The van der Waals surface area contributed by atoms with E-state index in [0.717, 1.165) is 21.9 Å². The highest BCUT2D eigenvalue weighted by Crippen LogP contribution is 2.44. The summed E-state index contributed by atoms with van der Waals surface area (Å²) in [6.45, 7) is 0. The van der Waals surface area contributed by atoms with Crippen molar-refractivity contribution in [3.8, 4) is 33.4 Å². The Morgan fingerprint density at radius 2 is 0.765 bits per heavy atom. The highest BCUT2D eigenvalue weighted by Gasteiger charge is 2.26. The van der Waals surface area contributed by atoms with Crippen LogP contribution in [0.15, 0.2) is 114 Å². The van der Waals surface area contributed by atoms with Crippen LogP contribution in [-0.2, 0) is 0 Å². The quantitative estimate of drug-likeness (QED) is 0.163. The molecular weight excluding hydrogens is 607 g/mol. The average Bonchev–Trinajstić information content (AvgIpc) is 3.54. The Morgan fingerprint density at radius 1 is 0.314 bits per heavy atom. The molecule has 9 rings (SSSR count). The van der Waals surface area contributed by atoms with E-state index < -0.39 is 0 Å². The minimum Gasteiger partial charge on any atom is -0.456 e. The number of rotatable bonds is 3. The molecule has 51 heavy (non-hydrogen) atoms. The third kappa shape index (κ3) is 4.53. The predicted molar refractivity (Wildman–Crippen MR) is 248 cm³/mol. The number of hydrogen-bond acceptors (Lipinski definition) is 1. The lowest BCUT2D eigenvalue weighted by Gasteiger charge is -2.28. The lowest BCUT2D eigenvalue weighted by molar-refractivity contribution is 0.669. The maximum Gasteiger partial charge on any atom is 0.139 e. The van der Waals surface area contributed by atoms with Crippen LogP contribution in [-0.4, -0.2) is 62.8 Å². The molecule has 0 atom stereocenters. The third-order valence-electron chi connectivity index (χ3n) is 12.3. The van der Waals surface area contributed by atoms with Crippen molar-refractivity contribution in [3.05, 3.63) is 109 Å². The van der Waals surface area contributed by atoms with Crippen LogP contribution in [0, 0.1) is 0 Å². The fraction of sp³-hybridized carbons (Fsp3) is 0. The highest BCUT2D eigenvalue weighted by molar-refractivity contribution is 6.71. The topological polar surface area (TPSA) is 13.1 Å². The van der Waals surface area contributed by atoms with Crippen LogP contribution in [0.5, 0.6) is 0 Å². The number of fused-ring (bicyclic) bond motifs is 6. The molecule has 0 radical (unpaired) electrons. The van der Waals surface area contributed by atoms with Crippen LogP contribution in [0.2, 0.25) is 0 Å². The van der Waals surface area contributed by atoms with Gasteiger partial charge in [-0.2, -0.15) is 0 Å². The van der Waals surface area contributed by atoms with E-state index in [-0.39, 0.29) is 0 Å². The SMILES string of the molecule is Bc1c(B)c(B)c2c(-c3ccc(-c4ccc5oc6ccccc6c5c4)c4ccccc34)c3c(B)c(B)c(B)c(B)c3c(-c3ccccc3)c2c1B. The predicted octanol–water partition coefficient (Wildman–Crippen LogP) is -1.89. The van der Waals surface area contributed by atoms with Gasteiger partial charge in [-0.3, -0.25) is 0 Å². The van der Waals surface area contributed by atoms with E-state index in [1.807, 2.05) is 6.07 Å². The van der Waals surface area contributed by atoms with Gasteiger partial charge in [-0.15, -0.1) is 21.9 Å². The molecule has 0 bridgehead atoms. The Labute approximate surface area is 306 Å². The van der Waals surface area contributed by atoms with Crippen molar-refractivity contribution in [1.82, 2.24) is 0 Å². The lowest BCUT2D eigenvalue weighted by atomic mass is 9.59. The Balaban J connectivity index is 1.46. The number of benzene rings is 8. The molecule has 0 fully saturated rings. The van der Waals surface area contributed by atoms with Crippen LogP contribution in [0.4, 0.5) is 0 Å². The van der Waals surface area contributed by atoms with Crippen LogP contribution in [0.3, 0.4) is 0 Å². The van der Waals surface area contributed by atoms with Crippen molar-refractivity contribution < 1.29 is 4.42 Å². The molecule has 0 aliphatic heterocycles.